The van der Waals surface area contributed by atoms with Crippen LogP contribution in [-0.2, 0) is 12.8 Å². The number of nitrogens with two attached hydrogens (primary N) is 2. The molecule has 0 aliphatic carbocycles. The molecule has 3 rings (SSSR count). The second kappa shape index (κ2) is 5.44. The van der Waals surface area contributed by atoms with E-state index >= 15 is 0 Å². The number of amides is 1. The van der Waals surface area contributed by atoms with Crippen LogP contribution in [0.25, 0.3) is 0 Å². The normalized spacial score (nSPS) is 14.4. The zero-order valence-corrected chi connectivity index (χ0v) is 11.7. The van der Waals surface area contributed by atoms with Crippen molar-refractivity contribution in [2.75, 3.05) is 23.7 Å². The summed E-state index contributed by atoms with van der Waals surface area (Å²) in [6, 6.07) is 11.7. The summed E-state index contributed by atoms with van der Waals surface area (Å²) in [5.41, 5.74) is 14.9. The molecule has 4 N–H and O–H groups in total. The monoisotopic (exact) mass is 282 g/mol. The number of rotatable bonds is 2. The van der Waals surface area contributed by atoms with Crippen LogP contribution < -0.4 is 16.4 Å². The van der Waals surface area contributed by atoms with Crippen molar-refractivity contribution in [2.45, 2.75) is 12.8 Å². The van der Waals surface area contributed by atoms with Crippen molar-refractivity contribution in [1.29, 1.82) is 0 Å². The van der Waals surface area contributed by atoms with Gasteiger partial charge >= 0.3 is 0 Å². The molecule has 108 valence electrons. The van der Waals surface area contributed by atoms with Gasteiger partial charge in [-0.2, -0.15) is 0 Å². The van der Waals surface area contributed by atoms with Gasteiger partial charge in [0.05, 0.1) is 5.69 Å². The highest BCUT2D eigenvalue weighted by atomic mass is 16.1. The minimum absolute atomic E-state index is 0.251. The molecule has 21 heavy (non-hydrogen) atoms. The van der Waals surface area contributed by atoms with Crippen molar-refractivity contribution < 1.29 is 4.79 Å². The Labute approximate surface area is 123 Å². The van der Waals surface area contributed by atoms with Crippen molar-refractivity contribution >= 4 is 17.4 Å². The van der Waals surface area contributed by atoms with Gasteiger partial charge in [-0.3, -0.25) is 4.79 Å². The number of carbonyl (C=O) groups is 1. The van der Waals surface area contributed by atoms with Crippen molar-refractivity contribution in [3.8, 4) is 0 Å². The molecule has 1 aromatic heterocycles. The van der Waals surface area contributed by atoms with Gasteiger partial charge in [0.1, 0.15) is 5.69 Å². The fourth-order valence-corrected chi connectivity index (χ4v) is 2.73. The number of nitrogens with zero attached hydrogens (tertiary/aromatic N) is 2. The number of carbonyl (C=O) groups excluding carboxylic acids is 1. The molecule has 0 saturated heterocycles. The zero-order chi connectivity index (χ0) is 14.8. The Morgan fingerprint density at radius 3 is 2.24 bits per heavy atom. The van der Waals surface area contributed by atoms with E-state index in [4.69, 9.17) is 11.5 Å². The predicted octanol–water partition coefficient (Wildman–Crippen LogP) is 1.37. The van der Waals surface area contributed by atoms with Gasteiger partial charge in [-0.15, -0.1) is 0 Å². The molecule has 1 aliphatic rings. The van der Waals surface area contributed by atoms with Crippen LogP contribution >= 0.6 is 0 Å². The maximum Gasteiger partial charge on any atom is 0.267 e. The Bertz CT molecular complexity index is 657. The number of fused-ring (bicyclic) bond motifs is 1. The van der Waals surface area contributed by atoms with E-state index in [1.165, 1.54) is 11.1 Å². The van der Waals surface area contributed by atoms with E-state index in [-0.39, 0.29) is 5.69 Å². The third-order valence-electron chi connectivity index (χ3n) is 3.88. The number of primary amides is 1. The first kappa shape index (κ1) is 13.4. The van der Waals surface area contributed by atoms with Gasteiger partial charge < -0.3 is 16.4 Å². The lowest BCUT2D eigenvalue weighted by Gasteiger charge is -2.23. The van der Waals surface area contributed by atoms with Crippen LogP contribution in [0.15, 0.2) is 36.4 Å². The van der Waals surface area contributed by atoms with E-state index in [0.717, 1.165) is 25.9 Å². The third kappa shape index (κ3) is 2.67. The summed E-state index contributed by atoms with van der Waals surface area (Å²) in [7, 11) is 0. The summed E-state index contributed by atoms with van der Waals surface area (Å²) in [6.07, 6.45) is 1.89. The van der Waals surface area contributed by atoms with E-state index < -0.39 is 5.91 Å². The van der Waals surface area contributed by atoms with E-state index in [1.54, 1.807) is 12.1 Å². The molecule has 2 heterocycles. The van der Waals surface area contributed by atoms with Crippen LogP contribution in [0.1, 0.15) is 21.6 Å². The van der Waals surface area contributed by atoms with Gasteiger partial charge in [-0.1, -0.05) is 24.3 Å². The van der Waals surface area contributed by atoms with Crippen LogP contribution in [0.2, 0.25) is 0 Å². The number of benzene rings is 1. The Morgan fingerprint density at radius 2 is 1.67 bits per heavy atom. The molecular weight excluding hydrogens is 264 g/mol. The molecule has 0 unspecified atom stereocenters. The number of nitrogen functional groups attached to an aromatic ring is 1. The van der Waals surface area contributed by atoms with Crippen LogP contribution in [0, 0.1) is 0 Å². The summed E-state index contributed by atoms with van der Waals surface area (Å²) >= 11 is 0. The summed E-state index contributed by atoms with van der Waals surface area (Å²) in [5.74, 6) is 0.119. The van der Waals surface area contributed by atoms with E-state index in [1.807, 2.05) is 0 Å². The molecule has 1 amide bonds. The Hall–Kier alpha value is -2.56. The lowest BCUT2D eigenvalue weighted by molar-refractivity contribution is 0.0995. The first-order valence-corrected chi connectivity index (χ1v) is 7.03. The molecular formula is C16H18N4O. The van der Waals surface area contributed by atoms with Gasteiger partial charge in [-0.25, -0.2) is 4.98 Å². The fraction of sp³-hybridized carbons (Fsp3) is 0.250. The molecule has 0 bridgehead atoms. The fourth-order valence-electron chi connectivity index (χ4n) is 2.73. The molecule has 5 nitrogen and oxygen atoms in total. The number of pyridine rings is 1. The molecule has 5 heteroatoms. The highest BCUT2D eigenvalue weighted by Gasteiger charge is 2.18. The Balaban J connectivity index is 1.89. The number of anilines is 2. The van der Waals surface area contributed by atoms with E-state index in [0.29, 0.717) is 11.5 Å². The van der Waals surface area contributed by atoms with Gasteiger partial charge in [0.2, 0.25) is 0 Å². The third-order valence-corrected chi connectivity index (χ3v) is 3.88. The molecule has 0 spiro atoms. The lowest BCUT2D eigenvalue weighted by Crippen LogP contribution is -2.28. The minimum atomic E-state index is -0.533. The smallest absolute Gasteiger partial charge is 0.267 e. The Morgan fingerprint density at radius 1 is 1.05 bits per heavy atom. The van der Waals surface area contributed by atoms with Crippen LogP contribution in [0.5, 0.6) is 0 Å². The number of hydrogen-bond donors (Lipinski definition) is 2. The lowest BCUT2D eigenvalue weighted by atomic mass is 10.0. The number of hydrogen-bond acceptors (Lipinski definition) is 4. The minimum Gasteiger partial charge on any atom is -0.396 e. The standard InChI is InChI=1S/C16H18N4O/c17-13-5-6-14(15(18)21)19-16(13)20-9-7-11-3-1-2-4-12(11)8-10-20/h1-6H,7-10,17H2,(H2,18,21). The second-order valence-electron chi connectivity index (χ2n) is 5.23. The van der Waals surface area contributed by atoms with Crippen molar-refractivity contribution in [2.24, 2.45) is 5.73 Å². The second-order valence-corrected chi connectivity index (χ2v) is 5.23. The van der Waals surface area contributed by atoms with Crippen molar-refractivity contribution in [1.82, 2.24) is 4.98 Å². The summed E-state index contributed by atoms with van der Waals surface area (Å²) in [6.45, 7) is 1.66. The van der Waals surface area contributed by atoms with Gasteiger partial charge in [0, 0.05) is 13.1 Å². The molecule has 0 atom stereocenters. The quantitative estimate of drug-likeness (QED) is 0.871. The predicted molar refractivity (Wildman–Crippen MR) is 83.2 cm³/mol. The van der Waals surface area contributed by atoms with Crippen LogP contribution in [0.3, 0.4) is 0 Å². The molecule has 2 aromatic rings. The summed E-state index contributed by atoms with van der Waals surface area (Å²) in [5, 5.41) is 0. The maximum absolute atomic E-state index is 11.3. The molecule has 0 radical (unpaired) electrons. The summed E-state index contributed by atoms with van der Waals surface area (Å²) < 4.78 is 0. The SMILES string of the molecule is NC(=O)c1ccc(N)c(N2CCc3ccccc3CC2)n1. The summed E-state index contributed by atoms with van der Waals surface area (Å²) in [4.78, 5) is 17.7. The average Bonchev–Trinajstić information content (AvgIpc) is 2.70. The molecule has 1 aromatic carbocycles. The molecule has 1 aliphatic heterocycles. The first-order chi connectivity index (χ1) is 10.1. The van der Waals surface area contributed by atoms with Crippen molar-refractivity contribution in [3.05, 3.63) is 53.2 Å². The van der Waals surface area contributed by atoms with Gasteiger partial charge in [-0.05, 0) is 36.1 Å². The Kier molecular flexibility index (Phi) is 3.48. The van der Waals surface area contributed by atoms with Gasteiger partial charge in [0.25, 0.3) is 5.91 Å². The topological polar surface area (TPSA) is 85.2 Å². The molecule has 0 saturated carbocycles. The van der Waals surface area contributed by atoms with E-state index in [9.17, 15) is 4.79 Å². The van der Waals surface area contributed by atoms with E-state index in [2.05, 4.69) is 34.1 Å². The van der Waals surface area contributed by atoms with Crippen LogP contribution in [0.4, 0.5) is 11.5 Å². The largest absolute Gasteiger partial charge is 0.396 e. The highest BCUT2D eigenvalue weighted by Crippen LogP contribution is 2.24. The van der Waals surface area contributed by atoms with Crippen molar-refractivity contribution in [3.63, 3.8) is 0 Å². The highest BCUT2D eigenvalue weighted by molar-refractivity contribution is 5.91. The average molecular weight is 282 g/mol. The number of aromatic nitrogens is 1. The van der Waals surface area contributed by atoms with Crippen LogP contribution in [-0.4, -0.2) is 24.0 Å². The first-order valence-electron chi connectivity index (χ1n) is 7.03. The van der Waals surface area contributed by atoms with Gasteiger partial charge in [0.15, 0.2) is 5.82 Å². The molecule has 0 fully saturated rings. The maximum atomic E-state index is 11.3. The zero-order valence-electron chi connectivity index (χ0n) is 11.7.